The Morgan fingerprint density at radius 3 is 2.65 bits per heavy atom. The minimum atomic E-state index is -0.973. The summed E-state index contributed by atoms with van der Waals surface area (Å²) < 4.78 is 5.31. The molecular weight excluding hydrogens is 290 g/mol. The molecule has 4 heteroatoms. The number of hydrogen-bond acceptors (Lipinski definition) is 3. The fraction of sp³-hybridized carbons (Fsp3) is 0.316. The minimum absolute atomic E-state index is 0.128. The van der Waals surface area contributed by atoms with Gasteiger partial charge in [0.1, 0.15) is 5.75 Å². The highest BCUT2D eigenvalue weighted by Gasteiger charge is 2.23. The number of rotatable bonds is 4. The number of carboxylic acid groups (broad SMARTS) is 1. The fourth-order valence-electron chi connectivity index (χ4n) is 3.50. The zero-order chi connectivity index (χ0) is 16.6. The molecule has 0 amide bonds. The van der Waals surface area contributed by atoms with Crippen molar-refractivity contribution < 1.29 is 14.6 Å². The van der Waals surface area contributed by atoms with Crippen LogP contribution in [0.4, 0.5) is 0 Å². The summed E-state index contributed by atoms with van der Waals surface area (Å²) in [5.74, 6) is -0.380. The molecule has 1 aliphatic carbocycles. The van der Waals surface area contributed by atoms with Crippen LogP contribution in [0.15, 0.2) is 30.3 Å². The molecule has 0 heterocycles. The standard InChI is InChI=1S/C19H21NO3/c1-11-8-13(23-10-18(21)22)9-12(2)19(11)16-5-3-4-15-14(16)6-7-17(15)20/h3-5,8-9,17H,6-7,10,20H2,1-2H3,(H,21,22)/t17-/m1/s1. The molecule has 3 N–H and O–H groups in total. The van der Waals surface area contributed by atoms with Crippen LogP contribution in [0.3, 0.4) is 0 Å². The molecular formula is C19H21NO3. The molecule has 0 bridgehead atoms. The number of aryl methyl sites for hydroxylation is 2. The van der Waals surface area contributed by atoms with Crippen molar-refractivity contribution in [3.8, 4) is 16.9 Å². The van der Waals surface area contributed by atoms with Crippen molar-refractivity contribution in [2.45, 2.75) is 32.7 Å². The van der Waals surface area contributed by atoms with Crippen molar-refractivity contribution in [2.24, 2.45) is 5.73 Å². The molecule has 2 aromatic carbocycles. The first-order chi connectivity index (χ1) is 11.0. The summed E-state index contributed by atoms with van der Waals surface area (Å²) in [7, 11) is 0. The third-order valence-corrected chi connectivity index (χ3v) is 4.45. The van der Waals surface area contributed by atoms with E-state index in [9.17, 15) is 4.79 Å². The highest BCUT2D eigenvalue weighted by atomic mass is 16.5. The number of fused-ring (bicyclic) bond motifs is 1. The van der Waals surface area contributed by atoms with Gasteiger partial charge in [-0.1, -0.05) is 18.2 Å². The Bertz CT molecular complexity index is 744. The summed E-state index contributed by atoms with van der Waals surface area (Å²) in [5, 5.41) is 8.74. The van der Waals surface area contributed by atoms with Crippen LogP contribution >= 0.6 is 0 Å². The van der Waals surface area contributed by atoms with Gasteiger partial charge in [0.25, 0.3) is 0 Å². The molecule has 0 spiro atoms. The lowest BCUT2D eigenvalue weighted by Crippen LogP contribution is -2.09. The number of carboxylic acids is 1. The first-order valence-electron chi connectivity index (χ1n) is 7.81. The van der Waals surface area contributed by atoms with E-state index in [-0.39, 0.29) is 12.6 Å². The van der Waals surface area contributed by atoms with Crippen LogP contribution in [0.2, 0.25) is 0 Å². The maximum Gasteiger partial charge on any atom is 0.341 e. The van der Waals surface area contributed by atoms with Crippen molar-refractivity contribution in [1.29, 1.82) is 0 Å². The second kappa shape index (κ2) is 6.05. The number of nitrogens with two attached hydrogens (primary N) is 1. The van der Waals surface area contributed by atoms with Gasteiger partial charge in [0.05, 0.1) is 0 Å². The monoisotopic (exact) mass is 311 g/mol. The van der Waals surface area contributed by atoms with Crippen LogP contribution in [0.25, 0.3) is 11.1 Å². The number of benzene rings is 2. The molecule has 0 radical (unpaired) electrons. The summed E-state index contributed by atoms with van der Waals surface area (Å²) in [6.45, 7) is 3.74. The molecule has 0 aromatic heterocycles. The van der Waals surface area contributed by atoms with Crippen LogP contribution in [0.5, 0.6) is 5.75 Å². The molecule has 2 aromatic rings. The third-order valence-electron chi connectivity index (χ3n) is 4.45. The number of carbonyl (C=O) groups is 1. The van der Waals surface area contributed by atoms with Gasteiger partial charge < -0.3 is 15.6 Å². The van der Waals surface area contributed by atoms with E-state index in [0.29, 0.717) is 5.75 Å². The molecule has 1 aliphatic rings. The Morgan fingerprint density at radius 1 is 1.30 bits per heavy atom. The Hall–Kier alpha value is -2.33. The normalized spacial score (nSPS) is 16.2. The second-order valence-corrected chi connectivity index (χ2v) is 6.13. The van der Waals surface area contributed by atoms with Crippen molar-refractivity contribution in [2.75, 3.05) is 6.61 Å². The van der Waals surface area contributed by atoms with Crippen molar-refractivity contribution in [3.63, 3.8) is 0 Å². The van der Waals surface area contributed by atoms with Gasteiger partial charge in [-0.05, 0) is 72.2 Å². The molecule has 23 heavy (non-hydrogen) atoms. The van der Waals surface area contributed by atoms with E-state index in [1.165, 1.54) is 22.3 Å². The average Bonchev–Trinajstić information content (AvgIpc) is 2.87. The lowest BCUT2D eigenvalue weighted by molar-refractivity contribution is -0.139. The summed E-state index contributed by atoms with van der Waals surface area (Å²) in [4.78, 5) is 10.7. The molecule has 1 atom stereocenters. The molecule has 0 fully saturated rings. The van der Waals surface area contributed by atoms with Crippen molar-refractivity contribution in [1.82, 2.24) is 0 Å². The van der Waals surface area contributed by atoms with Gasteiger partial charge >= 0.3 is 5.97 Å². The van der Waals surface area contributed by atoms with E-state index in [4.69, 9.17) is 15.6 Å². The largest absolute Gasteiger partial charge is 0.482 e. The van der Waals surface area contributed by atoms with E-state index >= 15 is 0 Å². The van der Waals surface area contributed by atoms with E-state index in [1.807, 2.05) is 26.0 Å². The molecule has 0 saturated carbocycles. The smallest absolute Gasteiger partial charge is 0.341 e. The lowest BCUT2D eigenvalue weighted by atomic mass is 9.90. The average molecular weight is 311 g/mol. The fourth-order valence-corrected chi connectivity index (χ4v) is 3.50. The zero-order valence-corrected chi connectivity index (χ0v) is 13.4. The van der Waals surface area contributed by atoms with Gasteiger partial charge in [0.2, 0.25) is 0 Å². The number of ether oxygens (including phenoxy) is 1. The van der Waals surface area contributed by atoms with Gasteiger partial charge in [-0.3, -0.25) is 0 Å². The minimum Gasteiger partial charge on any atom is -0.482 e. The first-order valence-corrected chi connectivity index (χ1v) is 7.81. The molecule has 4 nitrogen and oxygen atoms in total. The number of hydrogen-bond donors (Lipinski definition) is 2. The Kier molecular flexibility index (Phi) is 4.09. The topological polar surface area (TPSA) is 72.5 Å². The summed E-state index contributed by atoms with van der Waals surface area (Å²) in [6.07, 6.45) is 1.99. The molecule has 0 saturated heterocycles. The Morgan fingerprint density at radius 2 is 2.00 bits per heavy atom. The number of aliphatic carboxylic acids is 1. The van der Waals surface area contributed by atoms with Crippen molar-refractivity contribution in [3.05, 3.63) is 52.6 Å². The van der Waals surface area contributed by atoms with E-state index < -0.39 is 5.97 Å². The maximum absolute atomic E-state index is 10.7. The van der Waals surface area contributed by atoms with Crippen LogP contribution in [0, 0.1) is 13.8 Å². The SMILES string of the molecule is Cc1cc(OCC(=O)O)cc(C)c1-c1cccc2c1CC[C@H]2N. The molecule has 0 unspecified atom stereocenters. The van der Waals surface area contributed by atoms with Crippen LogP contribution in [-0.4, -0.2) is 17.7 Å². The lowest BCUT2D eigenvalue weighted by Gasteiger charge is -2.16. The van der Waals surface area contributed by atoms with Gasteiger partial charge in [-0.15, -0.1) is 0 Å². The first kappa shape index (κ1) is 15.6. The highest BCUT2D eigenvalue weighted by Crippen LogP contribution is 2.39. The Balaban J connectivity index is 2.03. The predicted octanol–water partition coefficient (Wildman–Crippen LogP) is 3.38. The van der Waals surface area contributed by atoms with Gasteiger partial charge in [0.15, 0.2) is 6.61 Å². The summed E-state index contributed by atoms with van der Waals surface area (Å²) in [6, 6.07) is 10.3. The van der Waals surface area contributed by atoms with Crippen LogP contribution < -0.4 is 10.5 Å². The third kappa shape index (κ3) is 2.94. The summed E-state index contributed by atoms with van der Waals surface area (Å²) >= 11 is 0. The quantitative estimate of drug-likeness (QED) is 0.908. The highest BCUT2D eigenvalue weighted by molar-refractivity contribution is 5.76. The second-order valence-electron chi connectivity index (χ2n) is 6.13. The molecule has 120 valence electrons. The van der Waals surface area contributed by atoms with Gasteiger partial charge in [0, 0.05) is 6.04 Å². The van der Waals surface area contributed by atoms with E-state index in [2.05, 4.69) is 18.2 Å². The maximum atomic E-state index is 10.7. The molecule has 0 aliphatic heterocycles. The van der Waals surface area contributed by atoms with Gasteiger partial charge in [-0.25, -0.2) is 4.79 Å². The predicted molar refractivity (Wildman–Crippen MR) is 89.7 cm³/mol. The van der Waals surface area contributed by atoms with Crippen molar-refractivity contribution >= 4 is 5.97 Å². The van der Waals surface area contributed by atoms with Gasteiger partial charge in [-0.2, -0.15) is 0 Å². The summed E-state index contributed by atoms with van der Waals surface area (Å²) in [5.41, 5.74) is 13.4. The van der Waals surface area contributed by atoms with E-state index in [0.717, 1.165) is 24.0 Å². The van der Waals surface area contributed by atoms with E-state index in [1.54, 1.807) is 0 Å². The van der Waals surface area contributed by atoms with Crippen LogP contribution in [0.1, 0.15) is 34.7 Å². The molecule has 3 rings (SSSR count). The Labute approximate surface area is 135 Å². The zero-order valence-electron chi connectivity index (χ0n) is 13.4. The van der Waals surface area contributed by atoms with Crippen LogP contribution in [-0.2, 0) is 11.2 Å².